The molecule has 0 aliphatic heterocycles. The van der Waals surface area contributed by atoms with E-state index in [0.29, 0.717) is 0 Å². The van der Waals surface area contributed by atoms with Crippen LogP contribution in [0.5, 0.6) is 0 Å². The topological polar surface area (TPSA) is 68.3 Å². The molecule has 0 aromatic carbocycles. The fraction of sp³-hybridized carbons (Fsp3) is 0. The summed E-state index contributed by atoms with van der Waals surface area (Å²) in [6, 6.07) is 0. The molecule has 0 saturated carbocycles. The van der Waals surface area contributed by atoms with Crippen LogP contribution in [0.15, 0.2) is 0 Å². The molecule has 4 nitrogen and oxygen atoms in total. The van der Waals surface area contributed by atoms with Crippen LogP contribution in [-0.2, 0) is 32.0 Å². The fourth-order valence-corrected chi connectivity index (χ4v) is 0. The molecule has 0 saturated heterocycles. The quantitative estimate of drug-likeness (QED) is 0.501. The van der Waals surface area contributed by atoms with Gasteiger partial charge >= 0.3 is 57.8 Å². The molecule has 0 aromatic rings. The van der Waals surface area contributed by atoms with E-state index in [-0.39, 0.29) is 25.8 Å². The first kappa shape index (κ1) is 10.1. The minimum atomic E-state index is -6.34. The molecule has 0 N–H and O–H groups in total. The van der Waals surface area contributed by atoms with Gasteiger partial charge in [-0.2, -0.15) is 0 Å². The van der Waals surface area contributed by atoms with Crippen LogP contribution in [0.4, 0.5) is 0 Å². The average Bonchev–Trinajstić information content (AvgIpc) is 0.722. The van der Waals surface area contributed by atoms with E-state index in [0.717, 1.165) is 0 Å². The standard InChI is InChI=1S/Cd.In.4O.3H. The van der Waals surface area contributed by atoms with Crippen molar-refractivity contribution in [2.75, 3.05) is 0 Å². The molecule has 32 valence electrons. The van der Waals surface area contributed by atoms with Crippen LogP contribution >= 0.6 is 0 Å². The Kier molecular flexibility index (Phi) is 5.13. The number of hydrogen-bond acceptors (Lipinski definition) is 4. The Morgan fingerprint density at radius 3 is 0.833 bits per heavy atom. The Balaban J connectivity index is 0. The van der Waals surface area contributed by atoms with Gasteiger partial charge in [0.25, 0.3) is 0 Å². The molecule has 0 rings (SSSR count). The van der Waals surface area contributed by atoms with Crippen LogP contribution in [0, 0.1) is 0 Å². The Morgan fingerprint density at radius 2 is 0.833 bits per heavy atom. The van der Waals surface area contributed by atoms with E-state index in [1.54, 1.807) is 0 Å². The Labute approximate surface area is 57.2 Å². The molecule has 0 bridgehead atoms. The van der Waals surface area contributed by atoms with E-state index in [2.05, 4.69) is 0 Å². The summed E-state index contributed by atoms with van der Waals surface area (Å²) in [4.78, 5) is 0. The van der Waals surface area contributed by atoms with Crippen molar-refractivity contribution in [1.82, 2.24) is 0 Å². The van der Waals surface area contributed by atoms with Gasteiger partial charge in [0.2, 0.25) is 0 Å². The van der Waals surface area contributed by atoms with E-state index >= 15 is 0 Å². The normalized spacial score (nSPS) is 12.0. The molecule has 0 spiro atoms. The molecule has 0 atom stereocenters. The molecule has 0 amide bonds. The van der Waals surface area contributed by atoms with Crippen LogP contribution in [-0.4, -0.2) is 25.8 Å². The maximum absolute atomic E-state index is 8.67. The van der Waals surface area contributed by atoms with E-state index in [4.69, 9.17) is 10.7 Å². The van der Waals surface area contributed by atoms with Crippen molar-refractivity contribution in [3.63, 3.8) is 0 Å². The van der Waals surface area contributed by atoms with Crippen LogP contribution in [0.2, 0.25) is 0 Å². The molecule has 0 unspecified atom stereocenters. The average molecular weight is 294 g/mol. The molecular formula is H3CdInO4. The van der Waals surface area contributed by atoms with Gasteiger partial charge in [0.1, 0.15) is 0 Å². The summed E-state index contributed by atoms with van der Waals surface area (Å²) in [7, 11) is 0. The maximum atomic E-state index is 8.67. The molecule has 6 heteroatoms. The summed E-state index contributed by atoms with van der Waals surface area (Å²) >= 11 is -6.34. The van der Waals surface area contributed by atoms with Crippen molar-refractivity contribution in [1.29, 1.82) is 0 Å². The van der Waals surface area contributed by atoms with Gasteiger partial charge in [-0.3, -0.25) is 0 Å². The van der Waals surface area contributed by atoms with Gasteiger partial charge in [0.15, 0.2) is 0 Å². The Bertz CT molecular complexity index is 159. The third-order valence-corrected chi connectivity index (χ3v) is 0. The van der Waals surface area contributed by atoms with E-state index in [9.17, 15) is 0 Å². The zero-order valence-electron chi connectivity index (χ0n) is 2.34. The van der Waals surface area contributed by atoms with Gasteiger partial charge in [-0.15, -0.1) is 0 Å². The third kappa shape index (κ3) is 80.8. The third-order valence-electron chi connectivity index (χ3n) is 0. The van der Waals surface area contributed by atoms with Gasteiger partial charge in [-0.1, -0.05) is 0 Å². The monoisotopic (exact) mass is 296 g/mol. The Morgan fingerprint density at radius 1 is 0.833 bits per heavy atom. The first-order valence-electron chi connectivity index (χ1n) is 1.15. The predicted octanol–water partition coefficient (Wildman–Crippen LogP) is -1.66. The van der Waals surface area contributed by atoms with Gasteiger partial charge in [0, 0.05) is 0 Å². The van der Waals surface area contributed by atoms with Crippen LogP contribution in [0.1, 0.15) is 0 Å². The molecule has 0 fully saturated rings. The van der Waals surface area contributed by atoms with Crippen molar-refractivity contribution < 1.29 is 32.0 Å². The number of hydrogen-bond donors (Lipinski definition) is 0. The summed E-state index contributed by atoms with van der Waals surface area (Å²) in [5, 5.41) is 0. The molecular weight excluding hydrogens is 291 g/mol. The second kappa shape index (κ2) is 3.05. The SMILES string of the molecule is [InH3].[O]=[Cd](=[O])(=[O])=[O]. The predicted molar refractivity (Wildman–Crippen MR) is 12.7 cm³/mol. The van der Waals surface area contributed by atoms with Gasteiger partial charge in [-0.05, 0) is 0 Å². The van der Waals surface area contributed by atoms with E-state index < -0.39 is 21.2 Å². The van der Waals surface area contributed by atoms with Crippen LogP contribution in [0.25, 0.3) is 0 Å². The number of rotatable bonds is 0. The summed E-state index contributed by atoms with van der Waals surface area (Å²) in [5.41, 5.74) is 0. The zero-order chi connectivity index (χ0) is 4.50. The van der Waals surface area contributed by atoms with Gasteiger partial charge < -0.3 is 0 Å². The van der Waals surface area contributed by atoms with Crippen LogP contribution < -0.4 is 0 Å². The van der Waals surface area contributed by atoms with Gasteiger partial charge in [-0.25, -0.2) is 0 Å². The minimum absolute atomic E-state index is 0. The Hall–Kier alpha value is 0.992. The van der Waals surface area contributed by atoms with Crippen molar-refractivity contribution in [3.8, 4) is 0 Å². The first-order valence-corrected chi connectivity index (χ1v) is 7.75. The molecule has 0 aromatic heterocycles. The van der Waals surface area contributed by atoms with Crippen molar-refractivity contribution >= 4 is 25.8 Å². The summed E-state index contributed by atoms with van der Waals surface area (Å²) < 4.78 is 34.7. The second-order valence-corrected chi connectivity index (χ2v) is 4.74. The van der Waals surface area contributed by atoms with Crippen molar-refractivity contribution in [3.05, 3.63) is 0 Å². The van der Waals surface area contributed by atoms with Crippen molar-refractivity contribution in [2.45, 2.75) is 0 Å². The summed E-state index contributed by atoms with van der Waals surface area (Å²) in [6.07, 6.45) is 0. The first-order chi connectivity index (χ1) is 2.00. The van der Waals surface area contributed by atoms with Crippen LogP contribution in [0.3, 0.4) is 0 Å². The van der Waals surface area contributed by atoms with E-state index in [1.807, 2.05) is 0 Å². The van der Waals surface area contributed by atoms with Crippen molar-refractivity contribution in [2.24, 2.45) is 0 Å². The fourth-order valence-electron chi connectivity index (χ4n) is 0. The molecule has 0 aliphatic carbocycles. The molecule has 0 radical (unpaired) electrons. The summed E-state index contributed by atoms with van der Waals surface area (Å²) in [5.74, 6) is 0. The van der Waals surface area contributed by atoms with E-state index in [1.165, 1.54) is 0 Å². The molecule has 0 aliphatic rings. The second-order valence-electron chi connectivity index (χ2n) is 0.707. The molecule has 6 heavy (non-hydrogen) atoms. The van der Waals surface area contributed by atoms with Gasteiger partial charge in [0.05, 0.1) is 0 Å². The summed E-state index contributed by atoms with van der Waals surface area (Å²) in [6.45, 7) is 0. The zero-order valence-corrected chi connectivity index (χ0v) is 6.38. The molecule has 0 heterocycles.